The quantitative estimate of drug-likeness (QED) is 0.709. The molecule has 5 fully saturated rings. The zero-order valence-corrected chi connectivity index (χ0v) is 19.7. The predicted molar refractivity (Wildman–Crippen MR) is 127 cm³/mol. The highest BCUT2D eigenvalue weighted by Gasteiger charge is 2.55. The van der Waals surface area contributed by atoms with Gasteiger partial charge < -0.3 is 20.2 Å². The van der Waals surface area contributed by atoms with Crippen LogP contribution in [0.25, 0.3) is 0 Å². The molecular formula is C26H34FN5O2. The monoisotopic (exact) mass is 467 g/mol. The Kier molecular flexibility index (Phi) is 5.39. The van der Waals surface area contributed by atoms with Crippen molar-refractivity contribution in [2.45, 2.75) is 69.3 Å². The summed E-state index contributed by atoms with van der Waals surface area (Å²) >= 11 is 0. The van der Waals surface area contributed by atoms with Crippen molar-refractivity contribution in [3.63, 3.8) is 0 Å². The normalized spacial score (nSPS) is 38.7. The number of amides is 1. The Balaban J connectivity index is 1.12. The summed E-state index contributed by atoms with van der Waals surface area (Å²) in [7, 11) is 0. The van der Waals surface area contributed by atoms with E-state index in [1.807, 2.05) is 12.2 Å². The van der Waals surface area contributed by atoms with Gasteiger partial charge in [0.1, 0.15) is 11.9 Å². The summed E-state index contributed by atoms with van der Waals surface area (Å²) in [6, 6.07) is 1.98. The first-order chi connectivity index (χ1) is 16.4. The highest BCUT2D eigenvalue weighted by Crippen LogP contribution is 2.55. The van der Waals surface area contributed by atoms with Gasteiger partial charge in [0.2, 0.25) is 5.95 Å². The fourth-order valence-corrected chi connectivity index (χ4v) is 7.36. The molecule has 1 aliphatic heterocycles. The standard InChI is InChI=1S/C26H34FN5O2/c1-16-15-31(21-4-2-20(27)3-5-21)8-9-32(16)25-28-7-6-22(29-25)24(33)30-23-18-10-17-11-19(23)14-26(34,12-17)13-18/h2,4-7,16-20,23,34H,3,8-15H2,1H3,(H,30,33)/t16-,17?,18?,19?,20?,23?,26?/m1/s1. The Morgan fingerprint density at radius 1 is 1.24 bits per heavy atom. The van der Waals surface area contributed by atoms with E-state index in [0.717, 1.165) is 57.4 Å². The minimum absolute atomic E-state index is 0.131. The van der Waals surface area contributed by atoms with E-state index in [9.17, 15) is 14.3 Å². The number of carbonyl (C=O) groups is 1. The SMILES string of the molecule is C[C@@H]1CN(C2=CCC(F)C=C2)CCN1c1nccc(C(=O)NC2C3CC4CC2CC(O)(C4)C3)n1. The Hall–Kier alpha value is -2.48. The number of nitrogens with one attached hydrogen (secondary N) is 1. The van der Waals surface area contributed by atoms with Gasteiger partial charge in [0.05, 0.1) is 5.60 Å². The van der Waals surface area contributed by atoms with Crippen LogP contribution in [0.15, 0.2) is 36.2 Å². The fourth-order valence-electron chi connectivity index (χ4n) is 7.36. The second-order valence-electron chi connectivity index (χ2n) is 11.2. The van der Waals surface area contributed by atoms with Crippen LogP contribution in [0.5, 0.6) is 0 Å². The first kappa shape index (κ1) is 22.0. The van der Waals surface area contributed by atoms with Gasteiger partial charge in [-0.3, -0.25) is 4.79 Å². The summed E-state index contributed by atoms with van der Waals surface area (Å²) in [4.78, 5) is 26.7. The number of carbonyl (C=O) groups excluding carboxylic acids is 1. The van der Waals surface area contributed by atoms with Crippen LogP contribution in [-0.2, 0) is 0 Å². The predicted octanol–water partition coefficient (Wildman–Crippen LogP) is 2.84. The first-order valence-corrected chi connectivity index (χ1v) is 12.8. The maximum atomic E-state index is 13.4. The number of anilines is 1. The summed E-state index contributed by atoms with van der Waals surface area (Å²) in [6.45, 7) is 4.46. The van der Waals surface area contributed by atoms with Gasteiger partial charge in [-0.25, -0.2) is 14.4 Å². The largest absolute Gasteiger partial charge is 0.390 e. The summed E-state index contributed by atoms with van der Waals surface area (Å²) in [5, 5.41) is 14.1. The lowest BCUT2D eigenvalue weighted by atomic mass is 9.52. The summed E-state index contributed by atoms with van der Waals surface area (Å²) in [6.07, 6.45) is 11.5. The number of nitrogens with zero attached hydrogens (tertiary/aromatic N) is 4. The zero-order chi connectivity index (χ0) is 23.4. The Bertz CT molecular complexity index is 1010. The Labute approximate surface area is 200 Å². The maximum absolute atomic E-state index is 13.4. The molecule has 8 heteroatoms. The first-order valence-electron chi connectivity index (χ1n) is 12.8. The van der Waals surface area contributed by atoms with Crippen LogP contribution in [-0.4, -0.2) is 69.4 Å². The van der Waals surface area contributed by atoms with Gasteiger partial charge in [0.15, 0.2) is 0 Å². The van der Waals surface area contributed by atoms with Crippen LogP contribution in [0.3, 0.4) is 0 Å². The molecule has 2 heterocycles. The van der Waals surface area contributed by atoms with E-state index in [4.69, 9.17) is 0 Å². The third-order valence-electron chi connectivity index (χ3n) is 8.69. The second kappa shape index (κ2) is 8.33. The number of aliphatic hydroxyl groups is 1. The molecule has 5 aliphatic carbocycles. The van der Waals surface area contributed by atoms with Crippen LogP contribution < -0.4 is 10.2 Å². The van der Waals surface area contributed by atoms with E-state index < -0.39 is 11.8 Å². The van der Waals surface area contributed by atoms with Gasteiger partial charge in [0.25, 0.3) is 5.91 Å². The van der Waals surface area contributed by atoms with E-state index in [1.54, 1.807) is 18.3 Å². The average molecular weight is 468 g/mol. The van der Waals surface area contributed by atoms with Crippen LogP contribution in [0.2, 0.25) is 0 Å². The molecule has 0 aromatic carbocycles. The number of hydrogen-bond acceptors (Lipinski definition) is 6. The lowest BCUT2D eigenvalue weighted by molar-refractivity contribution is -0.136. The molecule has 7 rings (SSSR count). The van der Waals surface area contributed by atoms with Crippen molar-refractivity contribution in [1.29, 1.82) is 0 Å². The molecule has 182 valence electrons. The van der Waals surface area contributed by atoms with Crippen molar-refractivity contribution < 1.29 is 14.3 Å². The van der Waals surface area contributed by atoms with Gasteiger partial charge in [-0.15, -0.1) is 0 Å². The minimum Gasteiger partial charge on any atom is -0.390 e. The molecule has 4 bridgehead atoms. The molecular weight excluding hydrogens is 433 g/mol. The number of rotatable bonds is 4. The molecule has 7 nitrogen and oxygen atoms in total. The van der Waals surface area contributed by atoms with Crippen LogP contribution in [0.1, 0.15) is 55.9 Å². The third-order valence-corrected chi connectivity index (χ3v) is 8.69. The molecule has 1 aromatic rings. The second-order valence-corrected chi connectivity index (χ2v) is 11.2. The summed E-state index contributed by atoms with van der Waals surface area (Å²) in [5.74, 6) is 1.78. The number of allylic oxidation sites excluding steroid dienone is 3. The molecule has 34 heavy (non-hydrogen) atoms. The van der Waals surface area contributed by atoms with Gasteiger partial charge >= 0.3 is 0 Å². The van der Waals surface area contributed by atoms with Gasteiger partial charge in [-0.2, -0.15) is 0 Å². The van der Waals surface area contributed by atoms with Crippen LogP contribution in [0, 0.1) is 17.8 Å². The van der Waals surface area contributed by atoms with Gasteiger partial charge in [-0.05, 0) is 75.0 Å². The fraction of sp³-hybridized carbons (Fsp3) is 0.654. The van der Waals surface area contributed by atoms with Crippen LogP contribution >= 0.6 is 0 Å². The molecule has 1 amide bonds. The van der Waals surface area contributed by atoms with E-state index in [0.29, 0.717) is 35.8 Å². The summed E-state index contributed by atoms with van der Waals surface area (Å²) < 4.78 is 13.4. The number of halogens is 1. The smallest absolute Gasteiger partial charge is 0.270 e. The number of alkyl halides is 1. The lowest BCUT2D eigenvalue weighted by Gasteiger charge is -2.58. The van der Waals surface area contributed by atoms with Crippen molar-refractivity contribution in [2.75, 3.05) is 24.5 Å². The van der Waals surface area contributed by atoms with Crippen molar-refractivity contribution in [3.8, 4) is 0 Å². The van der Waals surface area contributed by atoms with Gasteiger partial charge in [0, 0.05) is 50.0 Å². The number of hydrogen-bond donors (Lipinski definition) is 2. The van der Waals surface area contributed by atoms with Crippen molar-refractivity contribution in [3.05, 3.63) is 41.9 Å². The van der Waals surface area contributed by atoms with Gasteiger partial charge in [-0.1, -0.05) is 6.08 Å². The average Bonchev–Trinajstić information content (AvgIpc) is 2.81. The van der Waals surface area contributed by atoms with E-state index in [2.05, 4.69) is 32.0 Å². The number of piperazine rings is 1. The molecule has 2 N–H and O–H groups in total. The maximum Gasteiger partial charge on any atom is 0.270 e. The zero-order valence-electron chi connectivity index (χ0n) is 19.7. The van der Waals surface area contributed by atoms with E-state index >= 15 is 0 Å². The van der Waals surface area contributed by atoms with E-state index in [1.165, 1.54) is 0 Å². The molecule has 1 saturated heterocycles. The van der Waals surface area contributed by atoms with Crippen molar-refractivity contribution >= 4 is 11.9 Å². The molecule has 6 aliphatic rings. The Morgan fingerprint density at radius 3 is 2.71 bits per heavy atom. The lowest BCUT2D eigenvalue weighted by Crippen LogP contribution is -2.61. The highest BCUT2D eigenvalue weighted by atomic mass is 19.1. The molecule has 0 radical (unpaired) electrons. The molecule has 1 aromatic heterocycles. The van der Waals surface area contributed by atoms with Crippen molar-refractivity contribution in [2.24, 2.45) is 17.8 Å². The van der Waals surface area contributed by atoms with E-state index in [-0.39, 0.29) is 18.0 Å². The highest BCUT2D eigenvalue weighted by molar-refractivity contribution is 5.92. The Morgan fingerprint density at radius 2 is 2.03 bits per heavy atom. The topological polar surface area (TPSA) is 81.6 Å². The molecule has 0 spiro atoms. The number of aromatic nitrogens is 2. The molecule has 4 atom stereocenters. The van der Waals surface area contributed by atoms with Crippen LogP contribution in [0.4, 0.5) is 10.3 Å². The summed E-state index contributed by atoms with van der Waals surface area (Å²) in [5.41, 5.74) is 0.976. The van der Waals surface area contributed by atoms with Crippen molar-refractivity contribution in [1.82, 2.24) is 20.2 Å². The minimum atomic E-state index is -0.881. The third kappa shape index (κ3) is 4.00. The molecule has 4 saturated carbocycles. The molecule has 3 unspecified atom stereocenters.